The molecular formula is C25H38F2N4O3. The molecule has 190 valence electrons. The second kappa shape index (κ2) is 15.7. The molecule has 0 fully saturated rings. The number of nitrogens with zero attached hydrogens (tertiary/aromatic N) is 3. The number of carbonyl (C=O) groups excluding carboxylic acids is 2. The van der Waals surface area contributed by atoms with E-state index in [-0.39, 0.29) is 24.7 Å². The van der Waals surface area contributed by atoms with Crippen LogP contribution >= 0.6 is 0 Å². The van der Waals surface area contributed by atoms with Gasteiger partial charge in [0.25, 0.3) is 6.47 Å². The summed E-state index contributed by atoms with van der Waals surface area (Å²) >= 11 is 0. The van der Waals surface area contributed by atoms with Crippen LogP contribution in [0.5, 0.6) is 0 Å². The Hall–Kier alpha value is -3.10. The Morgan fingerprint density at radius 3 is 2.44 bits per heavy atom. The standard InChI is InChI=1S/C25H38F2N4O3/c1-6-11-31(15-10-14-30-12-8-9-13-30)25(23(26)7-2)24(27)16-20(3)29(5)18-22(34-19-32)17-28-21(4)33/h7-9,12-13,16,19,22H,6,10-11,14-15,17-18H2,1-5H3,(H,28,33)/b20-16+,23-7+,25-24-. The van der Waals surface area contributed by atoms with E-state index in [9.17, 15) is 14.0 Å². The molecule has 0 aliphatic heterocycles. The van der Waals surface area contributed by atoms with E-state index in [1.807, 2.05) is 36.0 Å². The third kappa shape index (κ3) is 10.2. The van der Waals surface area contributed by atoms with Gasteiger partial charge in [-0.2, -0.15) is 0 Å². The number of carbonyl (C=O) groups is 2. The number of rotatable bonds is 16. The Kier molecular flexibility index (Phi) is 13.3. The lowest BCUT2D eigenvalue weighted by molar-refractivity contribution is -0.135. The lowest BCUT2D eigenvalue weighted by Gasteiger charge is -2.28. The molecule has 0 saturated carbocycles. The molecule has 0 aromatic carbocycles. The highest BCUT2D eigenvalue weighted by atomic mass is 19.1. The minimum Gasteiger partial charge on any atom is -0.461 e. The summed E-state index contributed by atoms with van der Waals surface area (Å²) < 4.78 is 37.3. The van der Waals surface area contributed by atoms with E-state index in [0.29, 0.717) is 25.3 Å². The molecule has 1 aromatic heterocycles. The molecular weight excluding hydrogens is 442 g/mol. The Bertz CT molecular complexity index is 850. The fourth-order valence-electron chi connectivity index (χ4n) is 3.42. The van der Waals surface area contributed by atoms with E-state index in [1.54, 1.807) is 30.7 Å². The number of halogens is 2. The van der Waals surface area contributed by atoms with Crippen molar-refractivity contribution in [1.82, 2.24) is 19.7 Å². The zero-order chi connectivity index (χ0) is 25.5. The van der Waals surface area contributed by atoms with Crippen LogP contribution < -0.4 is 5.32 Å². The van der Waals surface area contributed by atoms with Crippen LogP contribution in [-0.2, 0) is 20.9 Å². The maximum Gasteiger partial charge on any atom is 0.293 e. The van der Waals surface area contributed by atoms with Crippen molar-refractivity contribution in [2.75, 3.05) is 33.2 Å². The van der Waals surface area contributed by atoms with Gasteiger partial charge in [0.15, 0.2) is 5.83 Å². The van der Waals surface area contributed by atoms with Gasteiger partial charge < -0.3 is 24.4 Å². The average Bonchev–Trinajstić information content (AvgIpc) is 3.31. The van der Waals surface area contributed by atoms with Gasteiger partial charge in [-0.1, -0.05) is 6.92 Å². The topological polar surface area (TPSA) is 66.8 Å². The number of hydrogen-bond acceptors (Lipinski definition) is 5. The van der Waals surface area contributed by atoms with E-state index in [1.165, 1.54) is 19.1 Å². The second-order valence-corrected chi connectivity index (χ2v) is 8.05. The second-order valence-electron chi connectivity index (χ2n) is 8.05. The summed E-state index contributed by atoms with van der Waals surface area (Å²) in [5.74, 6) is -1.54. The number of allylic oxidation sites excluding steroid dienone is 5. The highest BCUT2D eigenvalue weighted by Crippen LogP contribution is 2.25. The van der Waals surface area contributed by atoms with E-state index in [0.717, 1.165) is 19.4 Å². The third-order valence-electron chi connectivity index (χ3n) is 5.27. The summed E-state index contributed by atoms with van der Waals surface area (Å²) in [5, 5.41) is 2.60. The van der Waals surface area contributed by atoms with E-state index < -0.39 is 17.8 Å². The maximum absolute atomic E-state index is 15.4. The van der Waals surface area contributed by atoms with Crippen LogP contribution in [0.1, 0.15) is 40.5 Å². The molecule has 1 amide bonds. The molecule has 34 heavy (non-hydrogen) atoms. The van der Waals surface area contributed by atoms with Crippen LogP contribution in [0.25, 0.3) is 0 Å². The van der Waals surface area contributed by atoms with Gasteiger partial charge in [-0.05, 0) is 51.0 Å². The lowest BCUT2D eigenvalue weighted by Crippen LogP contribution is -2.39. The Morgan fingerprint density at radius 2 is 1.88 bits per heavy atom. The molecule has 1 N–H and O–H groups in total. The first-order valence-electron chi connectivity index (χ1n) is 11.5. The molecule has 7 nitrogen and oxygen atoms in total. The third-order valence-corrected chi connectivity index (χ3v) is 5.27. The van der Waals surface area contributed by atoms with E-state index in [4.69, 9.17) is 4.74 Å². The maximum atomic E-state index is 15.4. The van der Waals surface area contributed by atoms with E-state index in [2.05, 4.69) is 5.32 Å². The fourth-order valence-corrected chi connectivity index (χ4v) is 3.42. The Morgan fingerprint density at radius 1 is 1.21 bits per heavy atom. The van der Waals surface area contributed by atoms with Gasteiger partial charge in [0.05, 0.1) is 13.1 Å². The van der Waals surface area contributed by atoms with Crippen LogP contribution in [0.3, 0.4) is 0 Å². The van der Waals surface area contributed by atoms with Crippen molar-refractivity contribution in [1.29, 1.82) is 0 Å². The molecule has 0 bridgehead atoms. The highest BCUT2D eigenvalue weighted by molar-refractivity contribution is 5.72. The largest absolute Gasteiger partial charge is 0.461 e. The molecule has 0 saturated heterocycles. The van der Waals surface area contributed by atoms with Crippen molar-refractivity contribution in [2.45, 2.75) is 53.2 Å². The number of hydrogen-bond donors (Lipinski definition) is 1. The van der Waals surface area contributed by atoms with Crippen molar-refractivity contribution in [3.05, 3.63) is 59.7 Å². The number of likely N-dealkylation sites (N-methyl/N-ethyl adjacent to an activating group) is 1. The number of aromatic nitrogens is 1. The fraction of sp³-hybridized carbons (Fsp3) is 0.520. The zero-order valence-corrected chi connectivity index (χ0v) is 20.9. The zero-order valence-electron chi connectivity index (χ0n) is 20.9. The van der Waals surface area contributed by atoms with Crippen molar-refractivity contribution in [2.24, 2.45) is 0 Å². The summed E-state index contributed by atoms with van der Waals surface area (Å²) in [5.41, 5.74) is 0.452. The van der Waals surface area contributed by atoms with Gasteiger partial charge in [-0.25, -0.2) is 8.78 Å². The monoisotopic (exact) mass is 480 g/mol. The predicted octanol–water partition coefficient (Wildman–Crippen LogP) is 4.16. The van der Waals surface area contributed by atoms with Gasteiger partial charge in [-0.3, -0.25) is 9.59 Å². The first-order chi connectivity index (χ1) is 16.2. The molecule has 1 atom stereocenters. The van der Waals surface area contributed by atoms with E-state index >= 15 is 4.39 Å². The normalized spacial score (nSPS) is 13.7. The molecule has 0 aliphatic rings. The smallest absolute Gasteiger partial charge is 0.293 e. The van der Waals surface area contributed by atoms with Crippen LogP contribution in [0.15, 0.2) is 59.7 Å². The van der Waals surface area contributed by atoms with Crippen molar-refractivity contribution in [3.8, 4) is 0 Å². The molecule has 1 aromatic rings. The lowest BCUT2D eigenvalue weighted by atomic mass is 10.2. The number of amides is 1. The average molecular weight is 481 g/mol. The number of ether oxygens (including phenoxy) is 1. The molecule has 1 rings (SSSR count). The Balaban J connectivity index is 3.06. The highest BCUT2D eigenvalue weighted by Gasteiger charge is 2.19. The first kappa shape index (κ1) is 28.9. The summed E-state index contributed by atoms with van der Waals surface area (Å²) in [7, 11) is 1.71. The van der Waals surface area contributed by atoms with Crippen LogP contribution in [-0.4, -0.2) is 66.1 Å². The molecule has 1 heterocycles. The van der Waals surface area contributed by atoms with Crippen molar-refractivity contribution < 1.29 is 23.1 Å². The molecule has 0 spiro atoms. The first-order valence-corrected chi connectivity index (χ1v) is 11.5. The molecule has 0 aliphatic carbocycles. The van der Waals surface area contributed by atoms with Gasteiger partial charge >= 0.3 is 0 Å². The van der Waals surface area contributed by atoms with Crippen molar-refractivity contribution in [3.63, 3.8) is 0 Å². The van der Waals surface area contributed by atoms with Gasteiger partial charge in [-0.15, -0.1) is 0 Å². The predicted molar refractivity (Wildman–Crippen MR) is 130 cm³/mol. The number of aryl methyl sites for hydroxylation is 1. The molecule has 0 radical (unpaired) electrons. The van der Waals surface area contributed by atoms with Crippen LogP contribution in [0.2, 0.25) is 0 Å². The Labute approximate surface area is 201 Å². The molecule has 1 unspecified atom stereocenters. The minimum atomic E-state index is -0.677. The SMILES string of the molecule is C\C=C(F)/C(=C(F)\C=C(/C)N(C)CC(CNC(C)=O)OC=O)N(CCC)CCCn1cccc1. The van der Waals surface area contributed by atoms with Gasteiger partial charge in [0.2, 0.25) is 5.91 Å². The molecule has 9 heteroatoms. The minimum absolute atomic E-state index is 0.0662. The van der Waals surface area contributed by atoms with Crippen molar-refractivity contribution >= 4 is 12.4 Å². The van der Waals surface area contributed by atoms with Crippen LogP contribution in [0.4, 0.5) is 8.78 Å². The quantitative estimate of drug-likeness (QED) is 0.284. The summed E-state index contributed by atoms with van der Waals surface area (Å²) in [6.07, 6.45) is 7.33. The van der Waals surface area contributed by atoms with Gasteiger partial charge in [0, 0.05) is 51.7 Å². The van der Waals surface area contributed by atoms with Gasteiger partial charge in [0.1, 0.15) is 17.6 Å². The summed E-state index contributed by atoms with van der Waals surface area (Å²) in [4.78, 5) is 25.4. The summed E-state index contributed by atoms with van der Waals surface area (Å²) in [6.45, 7) is 9.02. The van der Waals surface area contributed by atoms with Crippen LogP contribution in [0, 0.1) is 0 Å². The number of nitrogens with one attached hydrogen (secondary N) is 1. The summed E-state index contributed by atoms with van der Waals surface area (Å²) in [6, 6.07) is 3.89.